The number of nitrogens with zero attached hydrogens (tertiary/aromatic N) is 7. The van der Waals surface area contributed by atoms with Crippen LogP contribution in [0.4, 0.5) is 11.6 Å². The van der Waals surface area contributed by atoms with Gasteiger partial charge < -0.3 is 10.4 Å². The van der Waals surface area contributed by atoms with Crippen LogP contribution in [0.3, 0.4) is 0 Å². The van der Waals surface area contributed by atoms with Crippen LogP contribution in [0.25, 0.3) is 21.5 Å². The zero-order valence-electron chi connectivity index (χ0n) is 17.7. The maximum absolute atomic E-state index is 10.8. The van der Waals surface area contributed by atoms with Crippen molar-refractivity contribution in [3.63, 3.8) is 0 Å². The van der Waals surface area contributed by atoms with E-state index in [-0.39, 0.29) is 18.5 Å². The molecule has 0 aliphatic rings. The number of aliphatic carboxylic acids is 1. The summed E-state index contributed by atoms with van der Waals surface area (Å²) < 4.78 is 4.35. The monoisotopic (exact) mass is 450 g/mol. The highest BCUT2D eigenvalue weighted by molar-refractivity contribution is 7.17. The van der Waals surface area contributed by atoms with Crippen molar-refractivity contribution >= 4 is 39.2 Å². The van der Waals surface area contributed by atoms with Crippen molar-refractivity contribution in [1.82, 2.24) is 29.5 Å². The van der Waals surface area contributed by atoms with Crippen molar-refractivity contribution in [2.75, 3.05) is 5.32 Å². The molecule has 4 aromatic heterocycles. The van der Waals surface area contributed by atoms with E-state index in [4.69, 9.17) is 10.1 Å². The Morgan fingerprint density at radius 3 is 2.91 bits per heavy atom. The molecular weight excluding hydrogens is 428 g/mol. The SMILES string of the molecule is CCC(C)(CC#N)n1cc(-c2nc(Nc3cnn(CCC(=O)O)c3)nc3ccsc23)cn1. The highest BCUT2D eigenvalue weighted by Gasteiger charge is 2.26. The molecular formula is C21H22N8O2S. The lowest BCUT2D eigenvalue weighted by atomic mass is 9.96. The average Bonchev–Trinajstić information content (AvgIpc) is 3.52. The zero-order valence-corrected chi connectivity index (χ0v) is 18.5. The molecule has 0 amide bonds. The molecule has 164 valence electrons. The highest BCUT2D eigenvalue weighted by atomic mass is 32.1. The van der Waals surface area contributed by atoms with Crippen molar-refractivity contribution in [3.8, 4) is 17.3 Å². The first-order chi connectivity index (χ1) is 15.4. The second kappa shape index (κ2) is 8.76. The summed E-state index contributed by atoms with van der Waals surface area (Å²) in [7, 11) is 0. The van der Waals surface area contributed by atoms with E-state index >= 15 is 0 Å². The van der Waals surface area contributed by atoms with Gasteiger partial charge in [-0.25, -0.2) is 9.97 Å². The summed E-state index contributed by atoms with van der Waals surface area (Å²) in [6.07, 6.45) is 8.15. The van der Waals surface area contributed by atoms with Crippen LogP contribution in [-0.4, -0.2) is 40.6 Å². The minimum absolute atomic E-state index is 0.00486. The number of nitrogens with one attached hydrogen (secondary N) is 1. The van der Waals surface area contributed by atoms with E-state index in [1.54, 1.807) is 34.6 Å². The van der Waals surface area contributed by atoms with Crippen molar-refractivity contribution in [3.05, 3.63) is 36.2 Å². The normalized spacial score (nSPS) is 13.0. The van der Waals surface area contributed by atoms with Gasteiger partial charge in [-0.15, -0.1) is 11.3 Å². The first-order valence-electron chi connectivity index (χ1n) is 10.1. The van der Waals surface area contributed by atoms with Crippen molar-refractivity contribution in [2.24, 2.45) is 0 Å². The number of fused-ring (bicyclic) bond motifs is 1. The molecule has 0 saturated carbocycles. The van der Waals surface area contributed by atoms with Crippen molar-refractivity contribution in [1.29, 1.82) is 5.26 Å². The molecule has 0 aliphatic carbocycles. The predicted molar refractivity (Wildman–Crippen MR) is 121 cm³/mol. The van der Waals surface area contributed by atoms with Gasteiger partial charge in [0.05, 0.1) is 65.0 Å². The predicted octanol–water partition coefficient (Wildman–Crippen LogP) is 4.01. The molecule has 32 heavy (non-hydrogen) atoms. The zero-order chi connectivity index (χ0) is 22.7. The fourth-order valence-electron chi connectivity index (χ4n) is 3.28. The van der Waals surface area contributed by atoms with Gasteiger partial charge in [-0.1, -0.05) is 6.92 Å². The lowest BCUT2D eigenvalue weighted by Gasteiger charge is -2.25. The van der Waals surface area contributed by atoms with E-state index in [9.17, 15) is 10.1 Å². The number of carboxylic acid groups (broad SMARTS) is 1. The Morgan fingerprint density at radius 1 is 1.31 bits per heavy atom. The Morgan fingerprint density at radius 2 is 2.16 bits per heavy atom. The molecule has 4 aromatic rings. The first-order valence-corrected chi connectivity index (χ1v) is 11.0. The van der Waals surface area contributed by atoms with Gasteiger partial charge in [-0.05, 0) is 24.8 Å². The summed E-state index contributed by atoms with van der Waals surface area (Å²) in [5.41, 5.74) is 2.69. The van der Waals surface area contributed by atoms with E-state index in [1.165, 1.54) is 0 Å². The van der Waals surface area contributed by atoms with Crippen LogP contribution in [-0.2, 0) is 16.9 Å². The number of anilines is 2. The van der Waals surface area contributed by atoms with Gasteiger partial charge in [0.2, 0.25) is 5.95 Å². The van der Waals surface area contributed by atoms with E-state index in [1.807, 2.05) is 36.2 Å². The van der Waals surface area contributed by atoms with Gasteiger partial charge in [0.1, 0.15) is 0 Å². The van der Waals surface area contributed by atoms with E-state index < -0.39 is 5.97 Å². The molecule has 0 radical (unpaired) electrons. The molecule has 1 unspecified atom stereocenters. The Labute approximate surface area is 188 Å². The number of carboxylic acids is 1. The maximum atomic E-state index is 10.8. The minimum Gasteiger partial charge on any atom is -0.481 e. The molecule has 0 aliphatic heterocycles. The average molecular weight is 451 g/mol. The molecule has 4 heterocycles. The summed E-state index contributed by atoms with van der Waals surface area (Å²) in [5, 5.41) is 31.9. The standard InChI is InChI=1S/C21H22N8O2S/c1-3-21(2,6-7-22)29-12-14(10-24-29)18-19-16(5-9-32-19)26-20(27-18)25-15-11-23-28(13-15)8-4-17(30)31/h5,9-13H,3-4,6,8H2,1-2H3,(H,30,31)(H,25,26,27). The van der Waals surface area contributed by atoms with Crippen LogP contribution >= 0.6 is 11.3 Å². The molecule has 0 fully saturated rings. The van der Waals surface area contributed by atoms with E-state index in [0.29, 0.717) is 18.1 Å². The summed E-state index contributed by atoms with van der Waals surface area (Å²) in [5.74, 6) is -0.466. The van der Waals surface area contributed by atoms with Crippen LogP contribution < -0.4 is 5.32 Å². The first kappa shape index (κ1) is 21.5. The third kappa shape index (κ3) is 4.31. The molecule has 0 aromatic carbocycles. The Balaban J connectivity index is 1.65. The second-order valence-electron chi connectivity index (χ2n) is 7.65. The third-order valence-corrected chi connectivity index (χ3v) is 6.29. The van der Waals surface area contributed by atoms with Crippen LogP contribution in [0.5, 0.6) is 0 Å². The number of hydrogen-bond donors (Lipinski definition) is 2. The third-order valence-electron chi connectivity index (χ3n) is 5.38. The summed E-state index contributed by atoms with van der Waals surface area (Å²) in [6.45, 7) is 4.34. The smallest absolute Gasteiger partial charge is 0.305 e. The summed E-state index contributed by atoms with van der Waals surface area (Å²) in [6, 6.07) is 4.18. The van der Waals surface area contributed by atoms with Gasteiger partial charge in [-0.3, -0.25) is 14.2 Å². The molecule has 2 N–H and O–H groups in total. The van der Waals surface area contributed by atoms with Crippen LogP contribution in [0, 0.1) is 11.3 Å². The summed E-state index contributed by atoms with van der Waals surface area (Å²) in [4.78, 5) is 20.1. The quantitative estimate of drug-likeness (QED) is 0.390. The van der Waals surface area contributed by atoms with Crippen LogP contribution in [0.2, 0.25) is 0 Å². The fourth-order valence-corrected chi connectivity index (χ4v) is 4.13. The Kier molecular flexibility index (Phi) is 5.87. The number of aromatic nitrogens is 6. The molecule has 0 bridgehead atoms. The number of carbonyl (C=O) groups is 1. The number of hydrogen-bond acceptors (Lipinski definition) is 8. The Bertz CT molecular complexity index is 1300. The van der Waals surface area contributed by atoms with Gasteiger partial charge in [-0.2, -0.15) is 15.5 Å². The molecule has 11 heteroatoms. The minimum atomic E-state index is -0.875. The van der Waals surface area contributed by atoms with Gasteiger partial charge in [0.25, 0.3) is 0 Å². The maximum Gasteiger partial charge on any atom is 0.305 e. The molecule has 10 nitrogen and oxygen atoms in total. The number of rotatable bonds is 9. The van der Waals surface area contributed by atoms with Crippen LogP contribution in [0.1, 0.15) is 33.1 Å². The van der Waals surface area contributed by atoms with Crippen molar-refractivity contribution < 1.29 is 9.90 Å². The molecule has 0 spiro atoms. The van der Waals surface area contributed by atoms with Gasteiger partial charge in [0, 0.05) is 18.0 Å². The second-order valence-corrected chi connectivity index (χ2v) is 8.57. The number of nitriles is 1. The molecule has 1 atom stereocenters. The number of aryl methyl sites for hydroxylation is 1. The lowest BCUT2D eigenvalue weighted by Crippen LogP contribution is -2.29. The molecule has 0 saturated heterocycles. The van der Waals surface area contributed by atoms with Crippen molar-refractivity contribution in [2.45, 2.75) is 45.2 Å². The lowest BCUT2D eigenvalue weighted by molar-refractivity contribution is -0.137. The van der Waals surface area contributed by atoms with E-state index in [0.717, 1.165) is 27.9 Å². The fraction of sp³-hybridized carbons (Fsp3) is 0.333. The van der Waals surface area contributed by atoms with Crippen LogP contribution in [0.15, 0.2) is 36.2 Å². The van der Waals surface area contributed by atoms with Gasteiger partial charge >= 0.3 is 5.97 Å². The largest absolute Gasteiger partial charge is 0.481 e. The Hall–Kier alpha value is -3.78. The summed E-state index contributed by atoms with van der Waals surface area (Å²) >= 11 is 1.56. The molecule has 4 rings (SSSR count). The topological polar surface area (TPSA) is 135 Å². The van der Waals surface area contributed by atoms with Gasteiger partial charge in [0.15, 0.2) is 0 Å². The highest BCUT2D eigenvalue weighted by Crippen LogP contribution is 2.33. The van der Waals surface area contributed by atoms with E-state index in [2.05, 4.69) is 26.6 Å². The number of thiophene rings is 1.